The Morgan fingerprint density at radius 3 is 1.19 bits per heavy atom. The van der Waals surface area contributed by atoms with Gasteiger partial charge in [0.15, 0.2) is 11.5 Å². The van der Waals surface area contributed by atoms with Crippen molar-refractivity contribution >= 4 is 93.5 Å². The van der Waals surface area contributed by atoms with Crippen molar-refractivity contribution in [1.29, 1.82) is 0 Å². The van der Waals surface area contributed by atoms with E-state index in [0.717, 1.165) is 50.7 Å². The lowest BCUT2D eigenvalue weighted by Crippen LogP contribution is -2.30. The molecule has 4 atom stereocenters. The van der Waals surface area contributed by atoms with Crippen LogP contribution in [0, 0.1) is 35.5 Å². The molecule has 2 aromatic rings. The highest BCUT2D eigenvalue weighted by Crippen LogP contribution is 2.43. The van der Waals surface area contributed by atoms with Gasteiger partial charge in [-0.2, -0.15) is 0 Å². The van der Waals surface area contributed by atoms with Crippen LogP contribution in [-0.4, -0.2) is 37.1 Å². The van der Waals surface area contributed by atoms with Gasteiger partial charge in [0.2, 0.25) is 0 Å². The molecule has 0 N–H and O–H groups in total. The molecule has 262 valence electrons. The molecule has 0 radical (unpaired) electrons. The van der Waals surface area contributed by atoms with E-state index in [1.54, 1.807) is 0 Å². The molecule has 0 heterocycles. The van der Waals surface area contributed by atoms with Gasteiger partial charge < -0.3 is 18.9 Å². The van der Waals surface area contributed by atoms with E-state index >= 15 is 0 Å². The fourth-order valence-corrected chi connectivity index (χ4v) is 8.08. The quantitative estimate of drug-likeness (QED) is 0.113. The molecular weight excluding hydrogens is 749 g/mol. The fraction of sp³-hybridized carbons (Fsp3) is 0.529. The normalized spacial score (nSPS) is 24.0. The van der Waals surface area contributed by atoms with Crippen LogP contribution in [0.1, 0.15) is 86.9 Å². The summed E-state index contributed by atoms with van der Waals surface area (Å²) in [5, 5.41) is -1.44. The molecule has 0 saturated heterocycles. The minimum absolute atomic E-state index is 0.0876. The Kier molecular flexibility index (Phi) is 13.6. The van der Waals surface area contributed by atoms with Gasteiger partial charge in [-0.3, -0.25) is 0 Å². The number of hydrogen-bond donors (Lipinski definition) is 0. The van der Waals surface area contributed by atoms with Crippen LogP contribution < -0.4 is 9.47 Å². The van der Waals surface area contributed by atoms with E-state index < -0.39 is 46.5 Å². The summed E-state index contributed by atoms with van der Waals surface area (Å²) in [6.07, 6.45) is 6.19. The molecule has 48 heavy (non-hydrogen) atoms. The van der Waals surface area contributed by atoms with Crippen molar-refractivity contribution in [3.63, 3.8) is 0 Å². The monoisotopic (exact) mass is 782 g/mol. The van der Waals surface area contributed by atoms with E-state index in [0.29, 0.717) is 23.7 Å². The minimum Gasteiger partial charge on any atom is -0.462 e. The third-order valence-corrected chi connectivity index (χ3v) is 11.7. The second kappa shape index (κ2) is 16.8. The molecule has 2 aromatic carbocycles. The number of hydrogen-bond acceptors (Lipinski definition) is 8. The Bertz CT molecular complexity index is 1440. The summed E-state index contributed by atoms with van der Waals surface area (Å²) in [7, 11) is 0. The predicted octanol–water partition coefficient (Wildman–Crippen LogP) is 10.6. The van der Waals surface area contributed by atoms with Crippen molar-refractivity contribution in [2.75, 3.05) is 13.2 Å². The Labute approximate surface area is 309 Å². The number of benzene rings is 2. The molecule has 2 saturated carbocycles. The first-order valence-electron chi connectivity index (χ1n) is 15.7. The lowest BCUT2D eigenvalue weighted by atomic mass is 9.74. The first-order chi connectivity index (χ1) is 22.6. The van der Waals surface area contributed by atoms with Gasteiger partial charge in [-0.15, -0.1) is 0 Å². The van der Waals surface area contributed by atoms with Crippen LogP contribution in [0.3, 0.4) is 0 Å². The van der Waals surface area contributed by atoms with Gasteiger partial charge in [0, 0.05) is 0 Å². The van der Waals surface area contributed by atoms with Gasteiger partial charge in [-0.1, -0.05) is 136 Å². The molecule has 0 aromatic heterocycles. The summed E-state index contributed by atoms with van der Waals surface area (Å²) in [6.45, 7) is 8.56. The maximum atomic E-state index is 13.3. The third kappa shape index (κ3) is 8.85. The van der Waals surface area contributed by atoms with E-state index in [-0.39, 0.29) is 55.2 Å². The molecule has 0 spiro atoms. The Morgan fingerprint density at radius 1 is 0.562 bits per heavy atom. The number of rotatable bonds is 8. The van der Waals surface area contributed by atoms with Gasteiger partial charge in [-0.25, -0.2) is 19.2 Å². The van der Waals surface area contributed by atoms with Crippen LogP contribution in [0.5, 0.6) is 11.5 Å². The molecule has 0 amide bonds. The maximum absolute atomic E-state index is 13.3. The number of esters is 4. The average molecular weight is 785 g/mol. The van der Waals surface area contributed by atoms with Crippen molar-refractivity contribution in [2.45, 2.75) is 66.2 Å². The zero-order valence-electron chi connectivity index (χ0n) is 26.8. The molecule has 0 aliphatic heterocycles. The topological polar surface area (TPSA) is 105 Å². The lowest BCUT2D eigenvalue weighted by molar-refractivity contribution is -0.156. The number of ether oxygens (including phenoxy) is 4. The minimum atomic E-state index is -1.63. The molecule has 0 bridgehead atoms. The van der Waals surface area contributed by atoms with Crippen molar-refractivity contribution in [3.8, 4) is 11.5 Å². The highest BCUT2D eigenvalue weighted by molar-refractivity contribution is 6.47. The second-order valence-electron chi connectivity index (χ2n) is 12.8. The zero-order chi connectivity index (χ0) is 35.4. The van der Waals surface area contributed by atoms with Crippen molar-refractivity contribution in [3.05, 3.63) is 53.4 Å². The van der Waals surface area contributed by atoms with Crippen molar-refractivity contribution < 1.29 is 38.1 Å². The summed E-state index contributed by atoms with van der Waals surface area (Å²) in [6, 6.07) is 2.28. The second-order valence-corrected chi connectivity index (χ2v) is 15.2. The van der Waals surface area contributed by atoms with Crippen molar-refractivity contribution in [1.82, 2.24) is 0 Å². The molecular formula is C34H36Cl6O8. The summed E-state index contributed by atoms with van der Waals surface area (Å²) < 4.78 is 21.7. The Morgan fingerprint density at radius 2 is 0.875 bits per heavy atom. The molecule has 2 aliphatic carbocycles. The Hall–Kier alpha value is -1.94. The predicted molar refractivity (Wildman–Crippen MR) is 186 cm³/mol. The van der Waals surface area contributed by atoms with Crippen LogP contribution in [0.15, 0.2) is 12.1 Å². The van der Waals surface area contributed by atoms with Crippen LogP contribution in [-0.2, 0) is 19.1 Å². The van der Waals surface area contributed by atoms with Gasteiger partial charge in [-0.05, 0) is 47.6 Å². The largest absolute Gasteiger partial charge is 0.462 e. The molecule has 8 nitrogen and oxygen atoms in total. The smallest absolute Gasteiger partial charge is 0.423 e. The van der Waals surface area contributed by atoms with Crippen LogP contribution in [0.2, 0.25) is 30.1 Å². The van der Waals surface area contributed by atoms with E-state index in [1.807, 2.05) is 0 Å². The summed E-state index contributed by atoms with van der Waals surface area (Å²) >= 11 is 37.7. The highest BCUT2D eigenvalue weighted by atomic mass is 35.5. The van der Waals surface area contributed by atoms with Gasteiger partial charge in [0.1, 0.15) is 11.1 Å². The molecule has 4 rings (SSSR count). The third-order valence-electron chi connectivity index (χ3n) is 9.59. The van der Waals surface area contributed by atoms with Crippen molar-refractivity contribution in [2.24, 2.45) is 35.5 Å². The SMILES string of the molecule is CC1CCCC(C)C1COC(=O)c1c(Cl)c(Cl)cc(Cl)c1OC(=O)C(=O)Oc1c(Cl)cc(Cl)c(Cl)c1C(=O)OCC1C(C)CCCC1C. The number of carbonyl (C=O) groups excluding carboxylic acids is 4. The summed E-state index contributed by atoms with van der Waals surface area (Å²) in [5.74, 6) is -4.83. The van der Waals surface area contributed by atoms with Crippen LogP contribution >= 0.6 is 69.6 Å². The zero-order valence-corrected chi connectivity index (χ0v) is 31.3. The summed E-state index contributed by atoms with van der Waals surface area (Å²) in [4.78, 5) is 52.8. The number of carbonyl (C=O) groups is 4. The molecule has 2 fully saturated rings. The van der Waals surface area contributed by atoms with E-state index in [4.69, 9.17) is 88.6 Å². The molecule has 4 unspecified atom stereocenters. The van der Waals surface area contributed by atoms with E-state index in [1.165, 1.54) is 0 Å². The number of halogens is 6. The van der Waals surface area contributed by atoms with E-state index in [9.17, 15) is 19.2 Å². The molecule has 2 aliphatic rings. The first-order valence-corrected chi connectivity index (χ1v) is 18.0. The standard InChI is InChI=1S/C34H36Cl6O8/c1-15-7-5-8-16(2)19(15)13-45-31(41)25-27(39)21(35)11-23(37)29(25)47-33(43)34(44)48-30-24(38)12-22(36)28(40)26(30)32(42)46-14-20-17(3)9-6-10-18(20)4/h11-12,15-20H,5-10,13-14H2,1-4H3. The van der Waals surface area contributed by atoms with Gasteiger partial charge >= 0.3 is 23.9 Å². The van der Waals surface area contributed by atoms with Crippen LogP contribution in [0.25, 0.3) is 0 Å². The lowest BCUT2D eigenvalue weighted by Gasteiger charge is -2.34. The fourth-order valence-electron chi connectivity index (χ4n) is 6.64. The highest BCUT2D eigenvalue weighted by Gasteiger charge is 2.35. The van der Waals surface area contributed by atoms with E-state index in [2.05, 4.69) is 27.7 Å². The first kappa shape index (κ1) is 38.9. The maximum Gasteiger partial charge on any atom is 0.423 e. The average Bonchev–Trinajstić information content (AvgIpc) is 3.01. The van der Waals surface area contributed by atoms with Gasteiger partial charge in [0.25, 0.3) is 0 Å². The molecule has 14 heteroatoms. The summed E-state index contributed by atoms with van der Waals surface area (Å²) in [5.41, 5.74) is -0.899. The van der Waals surface area contributed by atoms with Gasteiger partial charge in [0.05, 0.1) is 43.3 Å². The Balaban J connectivity index is 1.55. The van der Waals surface area contributed by atoms with Crippen LogP contribution in [0.4, 0.5) is 0 Å².